The zero-order chi connectivity index (χ0) is 25.2. The molecular weight excluding hydrogens is 486 g/mol. The Morgan fingerprint density at radius 3 is 2.66 bits per heavy atom. The molecule has 0 aliphatic carbocycles. The van der Waals surface area contributed by atoms with Crippen LogP contribution in [0.5, 0.6) is 0 Å². The van der Waals surface area contributed by atoms with E-state index in [0.717, 1.165) is 18.2 Å². The predicted octanol–water partition coefficient (Wildman–Crippen LogP) is 0.703. The van der Waals surface area contributed by atoms with Gasteiger partial charge in [0, 0.05) is 32.4 Å². The second-order valence-electron chi connectivity index (χ2n) is 8.84. The maximum absolute atomic E-state index is 13.3. The summed E-state index contributed by atoms with van der Waals surface area (Å²) in [5, 5.41) is 12.8. The van der Waals surface area contributed by atoms with E-state index >= 15 is 0 Å². The summed E-state index contributed by atoms with van der Waals surface area (Å²) in [5.41, 5.74) is 0.294. The molecule has 0 saturated carbocycles. The van der Waals surface area contributed by atoms with Crippen LogP contribution < -0.4 is 5.32 Å². The Morgan fingerprint density at radius 2 is 1.97 bits per heavy atom. The molecule has 1 aromatic heterocycles. The number of carbonyl (C=O) groups is 1. The molecule has 35 heavy (non-hydrogen) atoms. The molecule has 0 bridgehead atoms. The van der Waals surface area contributed by atoms with Gasteiger partial charge in [-0.1, -0.05) is 0 Å². The van der Waals surface area contributed by atoms with Gasteiger partial charge < -0.3 is 24.5 Å². The van der Waals surface area contributed by atoms with Gasteiger partial charge in [-0.2, -0.15) is 4.31 Å². The summed E-state index contributed by atoms with van der Waals surface area (Å²) < 4.78 is 67.7. The summed E-state index contributed by atoms with van der Waals surface area (Å²) in [4.78, 5) is 16.4. The zero-order valence-corrected chi connectivity index (χ0v) is 20.0. The van der Waals surface area contributed by atoms with Crippen LogP contribution >= 0.6 is 0 Å². The van der Waals surface area contributed by atoms with Gasteiger partial charge in [0.2, 0.25) is 5.91 Å². The fourth-order valence-electron chi connectivity index (χ4n) is 4.41. The molecule has 4 atom stereocenters. The summed E-state index contributed by atoms with van der Waals surface area (Å²) in [7, 11) is -2.34. The Hall–Kier alpha value is -2.45. The lowest BCUT2D eigenvalue weighted by molar-refractivity contribution is -0.146. The van der Waals surface area contributed by atoms with Crippen molar-refractivity contribution in [2.75, 3.05) is 19.8 Å². The smallest absolute Gasteiger partial charge is 0.262 e. The fourth-order valence-corrected chi connectivity index (χ4v) is 6.09. The minimum atomic E-state index is -4.01. The van der Waals surface area contributed by atoms with Gasteiger partial charge in [0.15, 0.2) is 5.03 Å². The van der Waals surface area contributed by atoms with Crippen LogP contribution in [-0.2, 0) is 37.9 Å². The van der Waals surface area contributed by atoms with E-state index < -0.39 is 46.0 Å². The van der Waals surface area contributed by atoms with E-state index in [0.29, 0.717) is 18.4 Å². The van der Waals surface area contributed by atoms with E-state index in [1.807, 2.05) is 0 Å². The molecule has 0 spiro atoms. The number of β-amino-alcohol motifs (C(OH)–C–C–N with tert-alkyl or cyclic N) is 1. The van der Waals surface area contributed by atoms with Gasteiger partial charge in [-0.15, -0.1) is 0 Å². The normalized spacial score (nSPS) is 25.9. The second-order valence-corrected chi connectivity index (χ2v) is 10.7. The number of aliphatic hydroxyl groups is 1. The summed E-state index contributed by atoms with van der Waals surface area (Å²) in [6.45, 7) is -0.213. The van der Waals surface area contributed by atoms with Gasteiger partial charge in [-0.05, 0) is 30.5 Å². The summed E-state index contributed by atoms with van der Waals surface area (Å²) in [6, 6.07) is 2.43. The van der Waals surface area contributed by atoms with Gasteiger partial charge in [0.05, 0.1) is 50.3 Å². The highest BCUT2D eigenvalue weighted by Crippen LogP contribution is 2.31. The van der Waals surface area contributed by atoms with Crippen LogP contribution in [0.2, 0.25) is 0 Å². The number of aliphatic hydroxyl groups excluding tert-OH is 1. The predicted molar refractivity (Wildman–Crippen MR) is 118 cm³/mol. The zero-order valence-electron chi connectivity index (χ0n) is 19.1. The lowest BCUT2D eigenvalue weighted by atomic mass is 9.96. The van der Waals surface area contributed by atoms with Crippen LogP contribution in [0.15, 0.2) is 35.7 Å². The molecule has 2 aromatic rings. The first kappa shape index (κ1) is 25.6. The quantitative estimate of drug-likeness (QED) is 0.582. The molecule has 1 aromatic carbocycles. The van der Waals surface area contributed by atoms with Gasteiger partial charge >= 0.3 is 0 Å². The molecule has 4 rings (SSSR count). The highest BCUT2D eigenvalue weighted by atomic mass is 32.2. The number of aromatic nitrogens is 2. The number of amides is 1. The summed E-state index contributed by atoms with van der Waals surface area (Å²) in [6.07, 6.45) is 1.42. The van der Waals surface area contributed by atoms with Crippen molar-refractivity contribution in [3.8, 4) is 0 Å². The SMILES string of the molecule is Cn1cnc(S(=O)(=O)N2C[C@H](O)COC[C@H]3O[C@H](CC(=O)NCc4cc(F)cc(F)c4)CC[C@@H]32)c1. The first-order valence-electron chi connectivity index (χ1n) is 11.2. The van der Waals surface area contributed by atoms with Crippen molar-refractivity contribution in [2.24, 2.45) is 7.05 Å². The number of fused-ring (bicyclic) bond motifs is 1. The van der Waals surface area contributed by atoms with Crippen LogP contribution in [0.4, 0.5) is 8.78 Å². The Balaban J connectivity index is 1.41. The molecule has 2 aliphatic heterocycles. The van der Waals surface area contributed by atoms with Gasteiger partial charge in [-0.3, -0.25) is 4.79 Å². The van der Waals surface area contributed by atoms with E-state index in [4.69, 9.17) is 9.47 Å². The van der Waals surface area contributed by atoms with E-state index in [1.54, 1.807) is 7.05 Å². The standard InChI is InChI=1S/C22H28F2N4O6S/c1-27-10-22(26-13-27)35(31,32)28-9-17(29)11-33-12-20-19(28)3-2-18(34-20)7-21(30)25-8-14-4-15(23)6-16(24)5-14/h4-6,10,13,17-20,29H,2-3,7-9,11-12H2,1H3,(H,25,30)/t17-,18-,19-,20+/m0/s1. The average molecular weight is 515 g/mol. The number of aryl methyl sites for hydroxylation is 1. The molecule has 2 N–H and O–H groups in total. The molecule has 2 saturated heterocycles. The molecule has 10 nitrogen and oxygen atoms in total. The Bertz CT molecular complexity index is 1140. The van der Waals surface area contributed by atoms with Crippen molar-refractivity contribution in [2.45, 2.75) is 55.2 Å². The first-order chi connectivity index (χ1) is 16.6. The largest absolute Gasteiger partial charge is 0.389 e. The van der Waals surface area contributed by atoms with Crippen molar-refractivity contribution in [3.05, 3.63) is 47.9 Å². The number of hydrogen-bond donors (Lipinski definition) is 2. The molecular formula is C22H28F2N4O6S. The highest BCUT2D eigenvalue weighted by Gasteiger charge is 2.43. The maximum atomic E-state index is 13.3. The topological polar surface area (TPSA) is 123 Å². The molecule has 1 amide bonds. The number of benzene rings is 1. The molecule has 13 heteroatoms. The Labute approximate surface area is 201 Å². The highest BCUT2D eigenvalue weighted by molar-refractivity contribution is 7.89. The third kappa shape index (κ3) is 6.22. The molecule has 3 heterocycles. The number of nitrogens with zero attached hydrogens (tertiary/aromatic N) is 3. The number of imidazole rings is 1. The Morgan fingerprint density at radius 1 is 1.23 bits per heavy atom. The van der Waals surface area contributed by atoms with E-state index in [9.17, 15) is 27.1 Å². The molecule has 0 unspecified atom stereocenters. The van der Waals surface area contributed by atoms with E-state index in [1.165, 1.54) is 21.4 Å². The van der Waals surface area contributed by atoms with Crippen LogP contribution in [0.3, 0.4) is 0 Å². The number of nitrogens with one attached hydrogen (secondary N) is 1. The fraction of sp³-hybridized carbons (Fsp3) is 0.545. The Kier molecular flexibility index (Phi) is 7.81. The lowest BCUT2D eigenvalue weighted by Crippen LogP contribution is -2.57. The van der Waals surface area contributed by atoms with Gasteiger partial charge in [0.1, 0.15) is 11.6 Å². The molecule has 2 fully saturated rings. The van der Waals surface area contributed by atoms with Gasteiger partial charge in [0.25, 0.3) is 10.0 Å². The number of sulfonamides is 1. The molecule has 0 radical (unpaired) electrons. The van der Waals surface area contributed by atoms with Crippen molar-refractivity contribution >= 4 is 15.9 Å². The van der Waals surface area contributed by atoms with E-state index in [2.05, 4.69) is 10.3 Å². The second kappa shape index (κ2) is 10.7. The molecule has 192 valence electrons. The molecule has 2 aliphatic rings. The number of hydrogen-bond acceptors (Lipinski definition) is 7. The summed E-state index contributed by atoms with van der Waals surface area (Å²) in [5.74, 6) is -1.82. The number of halogens is 2. The summed E-state index contributed by atoms with van der Waals surface area (Å²) >= 11 is 0. The van der Waals surface area contributed by atoms with Crippen LogP contribution in [0.25, 0.3) is 0 Å². The number of ether oxygens (including phenoxy) is 2. The monoisotopic (exact) mass is 514 g/mol. The number of rotatable bonds is 6. The first-order valence-corrected chi connectivity index (χ1v) is 12.7. The van der Waals surface area contributed by atoms with Crippen molar-refractivity contribution in [1.29, 1.82) is 0 Å². The minimum absolute atomic E-state index is 0.00334. The van der Waals surface area contributed by atoms with Crippen LogP contribution in [0, 0.1) is 11.6 Å². The van der Waals surface area contributed by atoms with Crippen molar-refractivity contribution in [3.63, 3.8) is 0 Å². The number of carbonyl (C=O) groups excluding carboxylic acids is 1. The average Bonchev–Trinajstić information content (AvgIpc) is 3.22. The third-order valence-corrected chi connectivity index (χ3v) is 7.79. The minimum Gasteiger partial charge on any atom is -0.389 e. The third-order valence-electron chi connectivity index (χ3n) is 6.01. The van der Waals surface area contributed by atoms with Crippen molar-refractivity contribution in [1.82, 2.24) is 19.2 Å². The maximum Gasteiger partial charge on any atom is 0.262 e. The lowest BCUT2D eigenvalue weighted by Gasteiger charge is -2.43. The van der Waals surface area contributed by atoms with E-state index in [-0.39, 0.29) is 43.7 Å². The van der Waals surface area contributed by atoms with Crippen LogP contribution in [0.1, 0.15) is 24.8 Å². The van der Waals surface area contributed by atoms with Crippen molar-refractivity contribution < 1.29 is 36.6 Å². The van der Waals surface area contributed by atoms with Gasteiger partial charge in [-0.25, -0.2) is 22.2 Å². The van der Waals surface area contributed by atoms with Crippen LogP contribution in [-0.4, -0.2) is 77.4 Å².